The molecule has 194 valence electrons. The first-order valence-corrected chi connectivity index (χ1v) is 12.7. The number of halogens is 1. The highest BCUT2D eigenvalue weighted by molar-refractivity contribution is 7.15. The van der Waals surface area contributed by atoms with E-state index >= 15 is 0 Å². The van der Waals surface area contributed by atoms with Crippen molar-refractivity contribution < 1.29 is 28.2 Å². The normalized spacial score (nSPS) is 10.5. The summed E-state index contributed by atoms with van der Waals surface area (Å²) in [6.45, 7) is 3.60. The van der Waals surface area contributed by atoms with Crippen LogP contribution in [0.5, 0.6) is 5.75 Å². The molecule has 0 saturated carbocycles. The third kappa shape index (κ3) is 6.63. The van der Waals surface area contributed by atoms with Crippen LogP contribution < -0.4 is 15.4 Å². The number of ether oxygens (including phenoxy) is 2. The van der Waals surface area contributed by atoms with Crippen LogP contribution in [-0.2, 0) is 9.53 Å². The van der Waals surface area contributed by atoms with Crippen molar-refractivity contribution in [1.29, 1.82) is 0 Å². The van der Waals surface area contributed by atoms with Crippen molar-refractivity contribution in [2.75, 3.05) is 23.8 Å². The minimum absolute atomic E-state index is 0.205. The molecule has 0 bridgehead atoms. The lowest BCUT2D eigenvalue weighted by molar-refractivity contribution is -0.118. The Morgan fingerprint density at radius 3 is 2.24 bits per heavy atom. The maximum absolute atomic E-state index is 13.0. The standard InChI is InChI=1S/C29H25FN2O5S/c1-3-36-29(35)26-24(19-6-4-18(2)5-7-19)17-38-28(26)32-25(33)16-37-23-14-8-20(9-15-23)27(34)31-22-12-10-21(30)11-13-22/h4-15,17H,3,16H2,1-2H3,(H,31,34)(H,32,33). The molecule has 0 aliphatic heterocycles. The summed E-state index contributed by atoms with van der Waals surface area (Å²) < 4.78 is 23.8. The van der Waals surface area contributed by atoms with Crippen LogP contribution in [0, 0.1) is 12.7 Å². The molecule has 0 aliphatic carbocycles. The molecule has 1 heterocycles. The molecular formula is C29H25FN2O5S. The molecule has 0 fully saturated rings. The fourth-order valence-corrected chi connectivity index (χ4v) is 4.53. The molecule has 3 aromatic carbocycles. The van der Waals surface area contributed by atoms with Crippen LogP contribution in [0.25, 0.3) is 11.1 Å². The highest BCUT2D eigenvalue weighted by Gasteiger charge is 2.23. The van der Waals surface area contributed by atoms with Crippen molar-refractivity contribution in [3.8, 4) is 16.9 Å². The molecule has 1 aromatic heterocycles. The third-order valence-corrected chi connectivity index (χ3v) is 6.37. The molecule has 0 aliphatic rings. The number of benzene rings is 3. The SMILES string of the molecule is CCOC(=O)c1c(-c2ccc(C)cc2)csc1NC(=O)COc1ccc(C(=O)Nc2ccc(F)cc2)cc1. The van der Waals surface area contributed by atoms with Crippen LogP contribution in [0.2, 0.25) is 0 Å². The smallest absolute Gasteiger partial charge is 0.341 e. The highest BCUT2D eigenvalue weighted by atomic mass is 32.1. The second-order valence-corrected chi connectivity index (χ2v) is 9.14. The van der Waals surface area contributed by atoms with E-state index in [0.717, 1.165) is 11.1 Å². The van der Waals surface area contributed by atoms with E-state index in [1.165, 1.54) is 35.6 Å². The Labute approximate surface area is 223 Å². The van der Waals surface area contributed by atoms with Crippen LogP contribution in [-0.4, -0.2) is 31.0 Å². The van der Waals surface area contributed by atoms with Gasteiger partial charge in [-0.15, -0.1) is 11.3 Å². The molecule has 0 spiro atoms. The Bertz CT molecular complexity index is 1430. The van der Waals surface area contributed by atoms with Gasteiger partial charge in [-0.2, -0.15) is 0 Å². The van der Waals surface area contributed by atoms with Gasteiger partial charge in [-0.25, -0.2) is 9.18 Å². The van der Waals surface area contributed by atoms with Crippen molar-refractivity contribution in [3.05, 3.63) is 101 Å². The van der Waals surface area contributed by atoms with E-state index in [9.17, 15) is 18.8 Å². The van der Waals surface area contributed by atoms with Crippen LogP contribution in [0.3, 0.4) is 0 Å². The number of hydrogen-bond acceptors (Lipinski definition) is 6. The van der Waals surface area contributed by atoms with Gasteiger partial charge in [0.15, 0.2) is 6.61 Å². The van der Waals surface area contributed by atoms with E-state index in [1.807, 2.05) is 36.6 Å². The van der Waals surface area contributed by atoms with Crippen LogP contribution in [0.15, 0.2) is 78.2 Å². The summed E-state index contributed by atoms with van der Waals surface area (Å²) in [5.74, 6) is -1.34. The summed E-state index contributed by atoms with van der Waals surface area (Å²) in [6.07, 6.45) is 0. The average molecular weight is 533 g/mol. The largest absolute Gasteiger partial charge is 0.484 e. The van der Waals surface area contributed by atoms with Gasteiger partial charge in [0.2, 0.25) is 0 Å². The van der Waals surface area contributed by atoms with E-state index < -0.39 is 17.7 Å². The van der Waals surface area contributed by atoms with Crippen LogP contribution in [0.1, 0.15) is 33.2 Å². The van der Waals surface area contributed by atoms with Crippen molar-refractivity contribution in [3.63, 3.8) is 0 Å². The van der Waals surface area contributed by atoms with Gasteiger partial charge in [-0.3, -0.25) is 9.59 Å². The number of rotatable bonds is 9. The molecule has 4 aromatic rings. The maximum atomic E-state index is 13.0. The maximum Gasteiger partial charge on any atom is 0.341 e. The number of amides is 2. The lowest BCUT2D eigenvalue weighted by Crippen LogP contribution is -2.21. The summed E-state index contributed by atoms with van der Waals surface area (Å²) in [5.41, 5.74) is 3.75. The second kappa shape index (κ2) is 12.2. The molecule has 0 saturated heterocycles. The Morgan fingerprint density at radius 2 is 1.58 bits per heavy atom. The topological polar surface area (TPSA) is 93.7 Å². The van der Waals surface area contributed by atoms with E-state index in [-0.39, 0.29) is 19.1 Å². The monoisotopic (exact) mass is 532 g/mol. The first-order valence-electron chi connectivity index (χ1n) is 11.8. The van der Waals surface area contributed by atoms with Gasteiger partial charge in [-0.05, 0) is 67.9 Å². The Kier molecular flexibility index (Phi) is 8.50. The summed E-state index contributed by atoms with van der Waals surface area (Å²) in [4.78, 5) is 37.7. The predicted molar refractivity (Wildman–Crippen MR) is 145 cm³/mol. The van der Waals surface area contributed by atoms with Crippen LogP contribution in [0.4, 0.5) is 15.1 Å². The molecule has 4 rings (SSSR count). The summed E-state index contributed by atoms with van der Waals surface area (Å²) in [6, 6.07) is 19.4. The summed E-state index contributed by atoms with van der Waals surface area (Å²) >= 11 is 1.23. The van der Waals surface area contributed by atoms with Crippen molar-refractivity contribution in [1.82, 2.24) is 0 Å². The van der Waals surface area contributed by atoms with Gasteiger partial charge in [-0.1, -0.05) is 29.8 Å². The van der Waals surface area contributed by atoms with Crippen molar-refractivity contribution >= 4 is 39.8 Å². The number of aryl methyl sites for hydroxylation is 1. The van der Waals surface area contributed by atoms with E-state index in [1.54, 1.807) is 31.2 Å². The number of thiophene rings is 1. The van der Waals surface area contributed by atoms with Gasteiger partial charge in [0.1, 0.15) is 22.1 Å². The minimum atomic E-state index is -0.518. The number of carbonyl (C=O) groups is 3. The number of hydrogen-bond donors (Lipinski definition) is 2. The number of carbonyl (C=O) groups excluding carboxylic acids is 3. The van der Waals surface area contributed by atoms with Gasteiger partial charge < -0.3 is 20.1 Å². The zero-order valence-corrected chi connectivity index (χ0v) is 21.6. The van der Waals surface area contributed by atoms with Crippen LogP contribution >= 0.6 is 11.3 Å². The first-order chi connectivity index (χ1) is 18.3. The zero-order chi connectivity index (χ0) is 27.1. The Morgan fingerprint density at radius 1 is 0.895 bits per heavy atom. The molecule has 7 nitrogen and oxygen atoms in total. The van der Waals surface area contributed by atoms with Gasteiger partial charge in [0.05, 0.1) is 6.61 Å². The molecule has 9 heteroatoms. The summed E-state index contributed by atoms with van der Waals surface area (Å²) in [5, 5.41) is 7.60. The van der Waals surface area contributed by atoms with E-state index in [2.05, 4.69) is 10.6 Å². The number of esters is 1. The fraction of sp³-hybridized carbons (Fsp3) is 0.138. The number of anilines is 2. The molecule has 38 heavy (non-hydrogen) atoms. The van der Waals surface area contributed by atoms with Crippen molar-refractivity contribution in [2.45, 2.75) is 13.8 Å². The molecule has 0 unspecified atom stereocenters. The Hall–Kier alpha value is -4.50. The number of nitrogens with one attached hydrogen (secondary N) is 2. The van der Waals surface area contributed by atoms with E-state index in [4.69, 9.17) is 9.47 Å². The molecule has 2 N–H and O–H groups in total. The van der Waals surface area contributed by atoms with E-state index in [0.29, 0.717) is 33.1 Å². The molecule has 0 atom stereocenters. The summed E-state index contributed by atoms with van der Waals surface area (Å²) in [7, 11) is 0. The molecular weight excluding hydrogens is 507 g/mol. The lowest BCUT2D eigenvalue weighted by atomic mass is 10.0. The average Bonchev–Trinajstić information content (AvgIpc) is 3.33. The second-order valence-electron chi connectivity index (χ2n) is 8.26. The highest BCUT2D eigenvalue weighted by Crippen LogP contribution is 2.36. The van der Waals surface area contributed by atoms with Crippen molar-refractivity contribution in [2.24, 2.45) is 0 Å². The van der Waals surface area contributed by atoms with Gasteiger partial charge in [0, 0.05) is 22.2 Å². The molecule has 0 radical (unpaired) electrons. The Balaban J connectivity index is 1.39. The molecule has 2 amide bonds. The lowest BCUT2D eigenvalue weighted by Gasteiger charge is -2.10. The third-order valence-electron chi connectivity index (χ3n) is 5.47. The quantitative estimate of drug-likeness (QED) is 0.247. The predicted octanol–water partition coefficient (Wildman–Crippen LogP) is 6.31. The minimum Gasteiger partial charge on any atom is -0.484 e. The van der Waals surface area contributed by atoms with Gasteiger partial charge in [0.25, 0.3) is 11.8 Å². The van der Waals surface area contributed by atoms with Gasteiger partial charge >= 0.3 is 5.97 Å². The fourth-order valence-electron chi connectivity index (χ4n) is 3.55. The first kappa shape index (κ1) is 26.6. The zero-order valence-electron chi connectivity index (χ0n) is 20.7.